The lowest BCUT2D eigenvalue weighted by molar-refractivity contribution is 0.555. The monoisotopic (exact) mass is 190 g/mol. The highest BCUT2D eigenvalue weighted by Gasteiger charge is 2.20. The van der Waals surface area contributed by atoms with E-state index >= 15 is 0 Å². The topological polar surface area (TPSA) is 0 Å². The predicted octanol–water partition coefficient (Wildman–Crippen LogP) is 3.44. The van der Waals surface area contributed by atoms with Crippen LogP contribution in [0.25, 0.3) is 0 Å². The van der Waals surface area contributed by atoms with Crippen LogP contribution in [0.15, 0.2) is 18.2 Å². The second kappa shape index (κ2) is 3.02. The van der Waals surface area contributed by atoms with Crippen LogP contribution in [0.3, 0.4) is 0 Å². The van der Waals surface area contributed by atoms with Crippen molar-refractivity contribution in [1.29, 1.82) is 0 Å². The Morgan fingerprint density at radius 3 is 2.25 bits per heavy atom. The van der Waals surface area contributed by atoms with Crippen LogP contribution in [0.2, 0.25) is 0 Å². The second-order valence-electron chi connectivity index (χ2n) is 3.10. The van der Waals surface area contributed by atoms with Gasteiger partial charge in [-0.25, -0.2) is 8.78 Å². The van der Waals surface area contributed by atoms with Gasteiger partial charge < -0.3 is 0 Å². The summed E-state index contributed by atoms with van der Waals surface area (Å²) in [4.78, 5) is -0.794. The van der Waals surface area contributed by atoms with E-state index in [-0.39, 0.29) is 0 Å². The molecule has 0 spiro atoms. The number of hydrogen-bond acceptors (Lipinski definition) is 0. The Labute approximate surface area is 75.2 Å². The lowest BCUT2D eigenvalue weighted by Crippen LogP contribution is -2.10. The zero-order valence-electron chi connectivity index (χ0n) is 6.87. The van der Waals surface area contributed by atoms with E-state index in [1.54, 1.807) is 13.8 Å². The highest BCUT2D eigenvalue weighted by Crippen LogP contribution is 2.29. The molecule has 0 saturated carbocycles. The van der Waals surface area contributed by atoms with E-state index in [4.69, 9.17) is 11.6 Å². The molecule has 0 saturated heterocycles. The summed E-state index contributed by atoms with van der Waals surface area (Å²) in [5.74, 6) is -1.19. The van der Waals surface area contributed by atoms with Gasteiger partial charge in [0, 0.05) is 11.6 Å². The van der Waals surface area contributed by atoms with Crippen LogP contribution in [-0.2, 0) is 4.87 Å². The van der Waals surface area contributed by atoms with Gasteiger partial charge in [0.15, 0.2) is 0 Å². The lowest BCUT2D eigenvalue weighted by Gasteiger charge is -2.16. The Morgan fingerprint density at radius 1 is 1.25 bits per heavy atom. The smallest absolute Gasteiger partial charge is 0.131 e. The molecule has 12 heavy (non-hydrogen) atoms. The third-order valence-electron chi connectivity index (χ3n) is 1.57. The minimum absolute atomic E-state index is 0.311. The number of rotatable bonds is 1. The maximum absolute atomic E-state index is 13.0. The van der Waals surface area contributed by atoms with E-state index in [1.165, 1.54) is 12.1 Å². The number of alkyl halides is 1. The van der Waals surface area contributed by atoms with Gasteiger partial charge in [-0.2, -0.15) is 0 Å². The highest BCUT2D eigenvalue weighted by molar-refractivity contribution is 6.23. The number of hydrogen-bond donors (Lipinski definition) is 0. The first kappa shape index (κ1) is 9.46. The van der Waals surface area contributed by atoms with Crippen molar-refractivity contribution in [2.24, 2.45) is 0 Å². The van der Waals surface area contributed by atoms with Crippen LogP contribution in [0.5, 0.6) is 0 Å². The molecule has 0 fully saturated rings. The molecule has 0 nitrogen and oxygen atoms in total. The Balaban J connectivity index is 3.19. The molecule has 0 heterocycles. The lowest BCUT2D eigenvalue weighted by atomic mass is 10.0. The van der Waals surface area contributed by atoms with Crippen LogP contribution in [0, 0.1) is 11.6 Å². The molecule has 66 valence electrons. The molecule has 0 bridgehead atoms. The number of benzene rings is 1. The molecule has 1 aromatic rings. The minimum Gasteiger partial charge on any atom is -0.207 e. The van der Waals surface area contributed by atoms with Crippen molar-refractivity contribution in [2.45, 2.75) is 18.7 Å². The maximum atomic E-state index is 13.0. The van der Waals surface area contributed by atoms with Gasteiger partial charge >= 0.3 is 0 Å². The van der Waals surface area contributed by atoms with Crippen LogP contribution in [0.1, 0.15) is 19.4 Å². The zero-order valence-corrected chi connectivity index (χ0v) is 7.62. The summed E-state index contributed by atoms with van der Waals surface area (Å²) in [7, 11) is 0. The highest BCUT2D eigenvalue weighted by atomic mass is 35.5. The van der Waals surface area contributed by atoms with Crippen molar-refractivity contribution in [3.8, 4) is 0 Å². The fourth-order valence-electron chi connectivity index (χ4n) is 0.972. The fraction of sp³-hybridized carbons (Fsp3) is 0.333. The molecule has 0 N–H and O–H groups in total. The Morgan fingerprint density at radius 2 is 1.83 bits per heavy atom. The van der Waals surface area contributed by atoms with E-state index < -0.39 is 16.5 Å². The molecule has 0 aromatic heterocycles. The van der Waals surface area contributed by atoms with Crippen molar-refractivity contribution in [1.82, 2.24) is 0 Å². The predicted molar refractivity (Wildman–Crippen MR) is 45.2 cm³/mol. The fourth-order valence-corrected chi connectivity index (χ4v) is 1.12. The van der Waals surface area contributed by atoms with Crippen molar-refractivity contribution in [3.05, 3.63) is 35.4 Å². The van der Waals surface area contributed by atoms with Gasteiger partial charge in [-0.1, -0.05) is 6.07 Å². The number of halogens is 3. The first-order valence-corrected chi connectivity index (χ1v) is 3.93. The molecule has 0 unspecified atom stereocenters. The SMILES string of the molecule is CC(C)(Cl)c1ccc(F)cc1F. The Bertz CT molecular complexity index is 289. The van der Waals surface area contributed by atoms with Gasteiger partial charge in [-0.05, 0) is 19.9 Å². The maximum Gasteiger partial charge on any atom is 0.131 e. The second-order valence-corrected chi connectivity index (χ2v) is 4.04. The standard InChI is InChI=1S/C9H9ClF2/c1-9(2,10)7-4-3-6(11)5-8(7)12/h3-5H,1-2H3. The third-order valence-corrected chi connectivity index (χ3v) is 1.78. The van der Waals surface area contributed by atoms with Crippen molar-refractivity contribution >= 4 is 11.6 Å². The molecule has 0 radical (unpaired) electrons. The van der Waals surface area contributed by atoms with E-state index in [9.17, 15) is 8.78 Å². The summed E-state index contributed by atoms with van der Waals surface area (Å²) in [6, 6.07) is 3.39. The normalized spacial score (nSPS) is 11.8. The quantitative estimate of drug-likeness (QED) is 0.595. The zero-order chi connectivity index (χ0) is 9.35. The summed E-state index contributed by atoms with van der Waals surface area (Å²) < 4.78 is 25.5. The third kappa shape index (κ3) is 1.95. The first-order valence-electron chi connectivity index (χ1n) is 3.55. The van der Waals surface area contributed by atoms with E-state index in [2.05, 4.69) is 0 Å². The van der Waals surface area contributed by atoms with Crippen molar-refractivity contribution in [2.75, 3.05) is 0 Å². The van der Waals surface area contributed by atoms with Gasteiger partial charge in [0.2, 0.25) is 0 Å². The molecule has 1 aromatic carbocycles. The van der Waals surface area contributed by atoms with Crippen LogP contribution in [0.4, 0.5) is 8.78 Å². The average molecular weight is 191 g/mol. The molecule has 0 atom stereocenters. The van der Waals surface area contributed by atoms with Crippen molar-refractivity contribution in [3.63, 3.8) is 0 Å². The van der Waals surface area contributed by atoms with Crippen LogP contribution in [-0.4, -0.2) is 0 Å². The molecule has 3 heteroatoms. The van der Waals surface area contributed by atoms with E-state index in [0.29, 0.717) is 5.56 Å². The summed E-state index contributed by atoms with van der Waals surface area (Å²) in [5.41, 5.74) is 0.311. The minimum atomic E-state index is -0.794. The van der Waals surface area contributed by atoms with Gasteiger partial charge in [-0.15, -0.1) is 11.6 Å². The molecule has 0 aliphatic rings. The molecular formula is C9H9ClF2. The van der Waals surface area contributed by atoms with Crippen LogP contribution < -0.4 is 0 Å². The molecule has 0 amide bonds. The van der Waals surface area contributed by atoms with Gasteiger partial charge in [0.1, 0.15) is 11.6 Å². The Hall–Kier alpha value is -0.630. The first-order chi connectivity index (χ1) is 5.41. The molecule has 1 rings (SSSR count). The van der Waals surface area contributed by atoms with E-state index in [1.807, 2.05) is 0 Å². The van der Waals surface area contributed by atoms with Crippen molar-refractivity contribution < 1.29 is 8.78 Å². The summed E-state index contributed by atoms with van der Waals surface area (Å²) in [6.45, 7) is 3.32. The summed E-state index contributed by atoms with van der Waals surface area (Å²) >= 11 is 5.85. The largest absolute Gasteiger partial charge is 0.207 e. The van der Waals surface area contributed by atoms with E-state index in [0.717, 1.165) is 6.07 Å². The van der Waals surface area contributed by atoms with Gasteiger partial charge in [0.25, 0.3) is 0 Å². The van der Waals surface area contributed by atoms with Gasteiger partial charge in [0.05, 0.1) is 4.87 Å². The molecule has 0 aliphatic carbocycles. The average Bonchev–Trinajstić information content (AvgIpc) is 1.83. The van der Waals surface area contributed by atoms with Gasteiger partial charge in [-0.3, -0.25) is 0 Å². The Kier molecular flexibility index (Phi) is 2.38. The molecular weight excluding hydrogens is 182 g/mol. The summed E-state index contributed by atoms with van der Waals surface area (Å²) in [6.07, 6.45) is 0. The van der Waals surface area contributed by atoms with Crippen LogP contribution >= 0.6 is 11.6 Å². The molecule has 0 aliphatic heterocycles. The summed E-state index contributed by atoms with van der Waals surface area (Å²) in [5, 5.41) is 0.